The van der Waals surface area contributed by atoms with Gasteiger partial charge in [0.25, 0.3) is 0 Å². The molecule has 1 atom stereocenters. The predicted octanol–water partition coefficient (Wildman–Crippen LogP) is 1.25. The summed E-state index contributed by atoms with van der Waals surface area (Å²) in [5.74, 6) is 0.0488. The lowest BCUT2D eigenvalue weighted by Gasteiger charge is -2.27. The molecular weight excluding hydrogens is 300 g/mol. The molecule has 0 saturated heterocycles. The highest BCUT2D eigenvalue weighted by Gasteiger charge is 2.28. The fourth-order valence-corrected chi connectivity index (χ4v) is 2.62. The molecule has 0 bridgehead atoms. The van der Waals surface area contributed by atoms with Crippen LogP contribution in [0, 0.1) is 11.1 Å². The van der Waals surface area contributed by atoms with Crippen molar-refractivity contribution in [3.8, 4) is 5.88 Å². The van der Waals surface area contributed by atoms with Crippen LogP contribution in [0.4, 0.5) is 5.69 Å². The third-order valence-electron chi connectivity index (χ3n) is 3.55. The molecule has 2 rings (SSSR count). The van der Waals surface area contributed by atoms with Crippen molar-refractivity contribution in [1.29, 1.82) is 0 Å². The quantitative estimate of drug-likeness (QED) is 0.493. The molecular formula is C13H17ClN2O5. The summed E-state index contributed by atoms with van der Waals surface area (Å²) in [5.41, 5.74) is -0.0570. The number of hydrogen-bond donors (Lipinski definition) is 2. The summed E-state index contributed by atoms with van der Waals surface area (Å²) in [6.07, 6.45) is 2.81. The van der Waals surface area contributed by atoms with Gasteiger partial charge in [-0.3, -0.25) is 4.79 Å². The summed E-state index contributed by atoms with van der Waals surface area (Å²) < 4.78 is 10.4. The number of methoxy groups -OCH3 is 1. The highest BCUT2D eigenvalue weighted by atomic mass is 35.5. The van der Waals surface area contributed by atoms with Crippen molar-refractivity contribution in [3.63, 3.8) is 0 Å². The lowest BCUT2D eigenvalue weighted by Crippen LogP contribution is -2.99. The van der Waals surface area contributed by atoms with Crippen LogP contribution in [0.25, 0.3) is 0 Å². The number of halogens is 1. The minimum Gasteiger partial charge on any atom is -0.595 e. The largest absolute Gasteiger partial charge is 0.595 e. The van der Waals surface area contributed by atoms with Gasteiger partial charge in [-0.05, 0) is 25.7 Å². The Balaban J connectivity index is 1.92. The molecule has 1 fully saturated rings. The van der Waals surface area contributed by atoms with E-state index in [1.54, 1.807) is 0 Å². The van der Waals surface area contributed by atoms with Crippen molar-refractivity contribution in [2.45, 2.75) is 31.8 Å². The second kappa shape index (κ2) is 7.04. The number of carbonyl (C=O) groups excluding carboxylic acids is 1. The number of ether oxygens (including phenoxy) is 2. The Kier molecular flexibility index (Phi) is 5.35. The fourth-order valence-electron chi connectivity index (χ4n) is 2.40. The van der Waals surface area contributed by atoms with Crippen LogP contribution in [0.15, 0.2) is 12.1 Å². The normalized spacial score (nSPS) is 23.4. The van der Waals surface area contributed by atoms with E-state index >= 15 is 0 Å². The number of esters is 1. The SMILES string of the molecule is COC(=O)[C@H]1CC[C@@H](Oc2ccc([NH+]([O-])O)c(Cl)n2)CC1. The number of rotatable bonds is 4. The standard InChI is InChI=1S/C13H17ClN2O5/c1-20-13(17)8-2-4-9(5-3-8)21-11-7-6-10(16(18)19)12(14)15-11/h6-9,16,18H,2-5H2,1H3/t8-,9+. The molecule has 0 aromatic carbocycles. The van der Waals surface area contributed by atoms with E-state index in [0.717, 1.165) is 12.8 Å². The van der Waals surface area contributed by atoms with Crippen molar-refractivity contribution >= 4 is 23.3 Å². The molecule has 8 heteroatoms. The summed E-state index contributed by atoms with van der Waals surface area (Å²) >= 11 is 5.79. The van der Waals surface area contributed by atoms with Crippen molar-refractivity contribution in [2.75, 3.05) is 7.11 Å². The number of nitrogens with one attached hydrogen (secondary N) is 1. The molecule has 0 amide bonds. The van der Waals surface area contributed by atoms with Crippen LogP contribution in [-0.2, 0) is 9.53 Å². The van der Waals surface area contributed by atoms with Crippen LogP contribution in [0.3, 0.4) is 0 Å². The number of carbonyl (C=O) groups is 1. The van der Waals surface area contributed by atoms with E-state index in [4.69, 9.17) is 26.3 Å². The molecule has 1 aliphatic rings. The maximum absolute atomic E-state index is 11.4. The zero-order chi connectivity index (χ0) is 15.4. The van der Waals surface area contributed by atoms with Gasteiger partial charge in [0.1, 0.15) is 6.10 Å². The molecule has 1 aromatic heterocycles. The van der Waals surface area contributed by atoms with E-state index in [0.29, 0.717) is 18.7 Å². The Bertz CT molecular complexity index is 503. The predicted molar refractivity (Wildman–Crippen MR) is 73.4 cm³/mol. The summed E-state index contributed by atoms with van der Waals surface area (Å²) in [6.45, 7) is 0. The molecule has 1 unspecified atom stereocenters. The zero-order valence-corrected chi connectivity index (χ0v) is 12.3. The van der Waals surface area contributed by atoms with Gasteiger partial charge in [-0.1, -0.05) is 11.6 Å². The molecule has 0 aliphatic heterocycles. The van der Waals surface area contributed by atoms with Crippen LogP contribution in [0.5, 0.6) is 5.88 Å². The summed E-state index contributed by atoms with van der Waals surface area (Å²) in [4.78, 5) is 15.4. The maximum Gasteiger partial charge on any atom is 0.308 e. The Hall–Kier alpha value is -1.41. The molecule has 1 saturated carbocycles. The number of pyridine rings is 1. The number of nitrogens with zero attached hydrogens (tertiary/aromatic N) is 1. The summed E-state index contributed by atoms with van der Waals surface area (Å²) in [5, 5.41) is 18.5. The zero-order valence-electron chi connectivity index (χ0n) is 11.5. The highest BCUT2D eigenvalue weighted by Crippen LogP contribution is 2.29. The second-order valence-electron chi connectivity index (χ2n) is 4.91. The van der Waals surface area contributed by atoms with Crippen LogP contribution in [-0.4, -0.2) is 29.4 Å². The highest BCUT2D eigenvalue weighted by molar-refractivity contribution is 6.31. The monoisotopic (exact) mass is 316 g/mol. The van der Waals surface area contributed by atoms with Gasteiger partial charge < -0.3 is 14.7 Å². The van der Waals surface area contributed by atoms with Gasteiger partial charge in [-0.2, -0.15) is 10.2 Å². The van der Waals surface area contributed by atoms with Crippen LogP contribution >= 0.6 is 11.6 Å². The number of hydrogen-bond acceptors (Lipinski definition) is 6. The van der Waals surface area contributed by atoms with E-state index in [1.165, 1.54) is 19.2 Å². The van der Waals surface area contributed by atoms with Gasteiger partial charge in [-0.25, -0.2) is 5.21 Å². The third-order valence-corrected chi connectivity index (χ3v) is 3.84. The minimum atomic E-state index is -1.13. The average molecular weight is 317 g/mol. The Morgan fingerprint density at radius 3 is 2.62 bits per heavy atom. The van der Waals surface area contributed by atoms with Crippen LogP contribution in [0.2, 0.25) is 5.15 Å². The van der Waals surface area contributed by atoms with E-state index in [1.807, 2.05) is 0 Å². The van der Waals surface area contributed by atoms with Gasteiger partial charge >= 0.3 is 5.97 Å². The van der Waals surface area contributed by atoms with Gasteiger partial charge in [0.15, 0.2) is 5.15 Å². The van der Waals surface area contributed by atoms with Gasteiger partial charge in [0, 0.05) is 12.1 Å². The van der Waals surface area contributed by atoms with Crippen LogP contribution < -0.4 is 9.96 Å². The lowest BCUT2D eigenvalue weighted by molar-refractivity contribution is -0.991. The van der Waals surface area contributed by atoms with E-state index in [-0.39, 0.29) is 28.8 Å². The van der Waals surface area contributed by atoms with Crippen molar-refractivity contribution in [2.24, 2.45) is 5.92 Å². The smallest absolute Gasteiger partial charge is 0.308 e. The number of quaternary nitrogens is 1. The second-order valence-corrected chi connectivity index (χ2v) is 5.27. The van der Waals surface area contributed by atoms with Crippen molar-refractivity contribution in [3.05, 3.63) is 22.5 Å². The maximum atomic E-state index is 11.4. The third kappa shape index (κ3) is 4.04. The molecule has 116 valence electrons. The van der Waals surface area contributed by atoms with Crippen LogP contribution in [0.1, 0.15) is 25.7 Å². The molecule has 1 aromatic rings. The first-order valence-electron chi connectivity index (χ1n) is 6.65. The van der Waals surface area contributed by atoms with Gasteiger partial charge in [0.05, 0.1) is 13.0 Å². The summed E-state index contributed by atoms with van der Waals surface area (Å²) in [6, 6.07) is 2.86. The molecule has 1 aliphatic carbocycles. The first-order chi connectivity index (χ1) is 10.0. The Morgan fingerprint density at radius 1 is 1.43 bits per heavy atom. The molecule has 1 heterocycles. The molecule has 21 heavy (non-hydrogen) atoms. The molecule has 0 radical (unpaired) electrons. The van der Waals surface area contributed by atoms with E-state index in [9.17, 15) is 10.0 Å². The topological polar surface area (TPSA) is 96.2 Å². The van der Waals surface area contributed by atoms with Gasteiger partial charge in [-0.15, -0.1) is 0 Å². The van der Waals surface area contributed by atoms with E-state index < -0.39 is 5.23 Å². The lowest BCUT2D eigenvalue weighted by atomic mass is 9.87. The first kappa shape index (κ1) is 16.0. The molecule has 0 spiro atoms. The molecule has 7 nitrogen and oxygen atoms in total. The first-order valence-corrected chi connectivity index (χ1v) is 7.03. The van der Waals surface area contributed by atoms with Gasteiger partial charge in [0.2, 0.25) is 11.6 Å². The van der Waals surface area contributed by atoms with Crippen molar-refractivity contribution < 1.29 is 24.7 Å². The minimum absolute atomic E-state index is 0.0508. The van der Waals surface area contributed by atoms with Crippen molar-refractivity contribution in [1.82, 2.24) is 4.98 Å². The number of aromatic nitrogens is 1. The average Bonchev–Trinajstić information content (AvgIpc) is 2.47. The fraction of sp³-hybridized carbons (Fsp3) is 0.538. The Morgan fingerprint density at radius 2 is 2.10 bits per heavy atom. The Labute approximate surface area is 127 Å². The molecule has 2 N–H and O–H groups in total. The summed E-state index contributed by atoms with van der Waals surface area (Å²) in [7, 11) is 1.39. The van der Waals surface area contributed by atoms with E-state index in [2.05, 4.69) is 4.98 Å².